The molecule has 2 aromatic heterocycles. The minimum absolute atomic E-state index is 0.0601. The Morgan fingerprint density at radius 3 is 2.54 bits per heavy atom. The molecule has 0 saturated carbocycles. The number of fused-ring (bicyclic) bond motifs is 1. The molecule has 6 heteroatoms. The molecule has 0 amide bonds. The number of aromatic nitrogens is 3. The summed E-state index contributed by atoms with van der Waals surface area (Å²) in [6.45, 7) is 7.94. The number of rotatable bonds is 4. The number of para-hydroxylation sites is 1. The highest BCUT2D eigenvalue weighted by atomic mass is 32.2. The van der Waals surface area contributed by atoms with Crippen molar-refractivity contribution in [1.29, 1.82) is 0 Å². The first-order valence-corrected chi connectivity index (χ1v) is 10.1. The maximum Gasteiger partial charge on any atom is 0.266 e. The van der Waals surface area contributed by atoms with Crippen molar-refractivity contribution in [2.24, 2.45) is 0 Å². The zero-order valence-corrected chi connectivity index (χ0v) is 17.1. The summed E-state index contributed by atoms with van der Waals surface area (Å²) < 4.78 is 6.98. The average Bonchev–Trinajstić information content (AvgIpc) is 3.00. The molecule has 142 valence electrons. The van der Waals surface area contributed by atoms with E-state index in [-0.39, 0.29) is 5.56 Å². The van der Waals surface area contributed by atoms with Crippen molar-refractivity contribution in [2.75, 3.05) is 0 Å². The second-order valence-corrected chi connectivity index (χ2v) is 7.85. The van der Waals surface area contributed by atoms with Crippen molar-refractivity contribution < 1.29 is 4.52 Å². The molecule has 0 bridgehead atoms. The van der Waals surface area contributed by atoms with E-state index >= 15 is 0 Å². The topological polar surface area (TPSA) is 60.9 Å². The largest absolute Gasteiger partial charge is 0.361 e. The lowest BCUT2D eigenvalue weighted by Crippen LogP contribution is -2.22. The van der Waals surface area contributed by atoms with Gasteiger partial charge in [0, 0.05) is 11.3 Å². The highest BCUT2D eigenvalue weighted by molar-refractivity contribution is 7.98. The molecular formula is C22H21N3O2S. The fraction of sp³-hybridized carbons (Fsp3) is 0.227. The van der Waals surface area contributed by atoms with Crippen molar-refractivity contribution in [3.05, 3.63) is 81.0 Å². The lowest BCUT2D eigenvalue weighted by Gasteiger charge is -2.14. The molecule has 0 saturated heterocycles. The van der Waals surface area contributed by atoms with Crippen molar-refractivity contribution in [2.45, 2.75) is 38.6 Å². The molecule has 4 rings (SSSR count). The summed E-state index contributed by atoms with van der Waals surface area (Å²) in [5.74, 6) is 1.43. The molecule has 2 aromatic carbocycles. The third-order valence-corrected chi connectivity index (χ3v) is 5.99. The van der Waals surface area contributed by atoms with Gasteiger partial charge in [0.15, 0.2) is 5.16 Å². The molecule has 0 spiro atoms. The van der Waals surface area contributed by atoms with Crippen LogP contribution in [-0.4, -0.2) is 14.7 Å². The molecule has 2 heterocycles. The van der Waals surface area contributed by atoms with Gasteiger partial charge in [0.05, 0.1) is 22.3 Å². The van der Waals surface area contributed by atoms with Crippen LogP contribution in [-0.2, 0) is 5.75 Å². The molecule has 28 heavy (non-hydrogen) atoms. The maximum absolute atomic E-state index is 13.3. The van der Waals surface area contributed by atoms with E-state index in [1.807, 2.05) is 56.3 Å². The van der Waals surface area contributed by atoms with Gasteiger partial charge in [-0.3, -0.25) is 9.36 Å². The van der Waals surface area contributed by atoms with Gasteiger partial charge in [-0.05, 0) is 63.1 Å². The minimum Gasteiger partial charge on any atom is -0.361 e. The second kappa shape index (κ2) is 7.28. The van der Waals surface area contributed by atoms with Gasteiger partial charge in [-0.1, -0.05) is 35.1 Å². The average molecular weight is 391 g/mol. The molecule has 5 nitrogen and oxygen atoms in total. The molecule has 0 fully saturated rings. The van der Waals surface area contributed by atoms with Crippen molar-refractivity contribution in [3.8, 4) is 5.69 Å². The molecule has 0 radical (unpaired) electrons. The zero-order chi connectivity index (χ0) is 19.8. The Labute approximate surface area is 167 Å². The molecule has 0 atom stereocenters. The fourth-order valence-corrected chi connectivity index (χ4v) is 4.31. The van der Waals surface area contributed by atoms with Gasteiger partial charge in [0.1, 0.15) is 5.76 Å². The van der Waals surface area contributed by atoms with E-state index in [0.717, 1.165) is 28.3 Å². The molecule has 0 aliphatic heterocycles. The van der Waals surface area contributed by atoms with Gasteiger partial charge in [-0.15, -0.1) is 0 Å². The number of hydrogen-bond acceptors (Lipinski definition) is 5. The van der Waals surface area contributed by atoms with E-state index in [1.54, 1.807) is 4.57 Å². The number of thioether (sulfide) groups is 1. The smallest absolute Gasteiger partial charge is 0.266 e. The predicted octanol–water partition coefficient (Wildman–Crippen LogP) is 4.90. The Hall–Kier alpha value is -2.86. The number of hydrogen-bond donors (Lipinski definition) is 0. The van der Waals surface area contributed by atoms with E-state index in [0.29, 0.717) is 21.8 Å². The van der Waals surface area contributed by atoms with Gasteiger partial charge < -0.3 is 4.52 Å². The molecule has 0 N–H and O–H groups in total. The molecule has 0 unspecified atom stereocenters. The van der Waals surface area contributed by atoms with Crippen LogP contribution in [0.5, 0.6) is 0 Å². The molecular weight excluding hydrogens is 370 g/mol. The van der Waals surface area contributed by atoms with Crippen molar-refractivity contribution in [3.63, 3.8) is 0 Å². The number of nitrogens with zero attached hydrogens (tertiary/aromatic N) is 3. The van der Waals surface area contributed by atoms with E-state index in [9.17, 15) is 4.79 Å². The second-order valence-electron chi connectivity index (χ2n) is 6.91. The summed E-state index contributed by atoms with van der Waals surface area (Å²) in [6, 6.07) is 13.5. The first kappa shape index (κ1) is 18.5. The highest BCUT2D eigenvalue weighted by Gasteiger charge is 2.16. The minimum atomic E-state index is -0.0601. The third kappa shape index (κ3) is 3.24. The Morgan fingerprint density at radius 2 is 1.82 bits per heavy atom. The van der Waals surface area contributed by atoms with Gasteiger partial charge in [0.25, 0.3) is 5.56 Å². The van der Waals surface area contributed by atoms with Crippen molar-refractivity contribution in [1.82, 2.24) is 14.7 Å². The van der Waals surface area contributed by atoms with Crippen molar-refractivity contribution >= 4 is 22.7 Å². The van der Waals surface area contributed by atoms with Gasteiger partial charge in [-0.25, -0.2) is 4.98 Å². The van der Waals surface area contributed by atoms with Crippen LogP contribution < -0.4 is 5.56 Å². The third-order valence-electron chi connectivity index (χ3n) is 5.02. The summed E-state index contributed by atoms with van der Waals surface area (Å²) in [7, 11) is 0. The first-order chi connectivity index (χ1) is 13.5. The Morgan fingerprint density at radius 1 is 1.04 bits per heavy atom. The summed E-state index contributed by atoms with van der Waals surface area (Å²) >= 11 is 1.52. The van der Waals surface area contributed by atoms with E-state index in [1.165, 1.54) is 17.3 Å². The van der Waals surface area contributed by atoms with Crippen LogP contribution in [0.25, 0.3) is 16.6 Å². The van der Waals surface area contributed by atoms with Crippen LogP contribution in [0.15, 0.2) is 56.9 Å². The summed E-state index contributed by atoms with van der Waals surface area (Å²) in [6.07, 6.45) is 0. The first-order valence-electron chi connectivity index (χ1n) is 9.09. The van der Waals surface area contributed by atoms with Crippen LogP contribution >= 0.6 is 11.8 Å². The van der Waals surface area contributed by atoms with E-state index in [4.69, 9.17) is 9.51 Å². The standard InChI is InChI=1S/C22H21N3O2S/c1-13-9-10-17(11-14(13)2)25-21(26)18-7-5-6-8-20(18)23-22(25)28-12-19-15(3)24-27-16(19)4/h5-11H,12H2,1-4H3. The SMILES string of the molecule is Cc1ccc(-n2c(SCc3c(C)noc3C)nc3ccccc3c2=O)cc1C. The zero-order valence-electron chi connectivity index (χ0n) is 16.3. The quantitative estimate of drug-likeness (QED) is 0.366. The Bertz CT molecular complexity index is 1220. The van der Waals surface area contributed by atoms with Crippen LogP contribution in [0, 0.1) is 27.7 Å². The summed E-state index contributed by atoms with van der Waals surface area (Å²) in [5.41, 5.74) is 5.70. The number of aryl methyl sites for hydroxylation is 4. The van der Waals surface area contributed by atoms with Gasteiger partial charge in [0.2, 0.25) is 0 Å². The summed E-state index contributed by atoms with van der Waals surface area (Å²) in [5, 5.41) is 5.29. The maximum atomic E-state index is 13.3. The monoisotopic (exact) mass is 391 g/mol. The Balaban J connectivity index is 1.88. The highest BCUT2D eigenvalue weighted by Crippen LogP contribution is 2.27. The molecule has 4 aromatic rings. The van der Waals surface area contributed by atoms with Crippen LogP contribution in [0.3, 0.4) is 0 Å². The lowest BCUT2D eigenvalue weighted by molar-refractivity contribution is 0.392. The Kier molecular flexibility index (Phi) is 4.81. The van der Waals surface area contributed by atoms with Gasteiger partial charge in [-0.2, -0.15) is 0 Å². The fourth-order valence-electron chi connectivity index (χ4n) is 3.15. The van der Waals surface area contributed by atoms with E-state index in [2.05, 4.69) is 19.0 Å². The molecule has 0 aliphatic rings. The lowest BCUT2D eigenvalue weighted by atomic mass is 10.1. The number of benzene rings is 2. The van der Waals surface area contributed by atoms with Gasteiger partial charge >= 0.3 is 0 Å². The summed E-state index contributed by atoms with van der Waals surface area (Å²) in [4.78, 5) is 18.1. The van der Waals surface area contributed by atoms with Crippen LogP contribution in [0.2, 0.25) is 0 Å². The van der Waals surface area contributed by atoms with E-state index < -0.39 is 0 Å². The normalized spacial score (nSPS) is 11.3. The molecule has 0 aliphatic carbocycles. The van der Waals surface area contributed by atoms with Crippen LogP contribution in [0.4, 0.5) is 0 Å². The predicted molar refractivity (Wildman–Crippen MR) is 112 cm³/mol. The van der Waals surface area contributed by atoms with Crippen LogP contribution in [0.1, 0.15) is 28.1 Å².